The summed E-state index contributed by atoms with van der Waals surface area (Å²) in [5.41, 5.74) is 1.62. The average Bonchev–Trinajstić information content (AvgIpc) is 3.57. The normalized spacial score (nSPS) is 19.9. The molecule has 1 heterocycles. The van der Waals surface area contributed by atoms with Crippen LogP contribution in [0.3, 0.4) is 0 Å². The standard InChI is InChI=1S/C24H34N4O4/c1-5-32-22-14-18(25-4)17(15-26-12-11-24(2,3)30)13-19(22)27-23(29)21-8-6-7-20(28(21)31)16-9-10-16/h6-8,13-16,18,25,29-31H,5,9-12H2,1-4H3/p+1. The smallest absolute Gasteiger partial charge is 0.325 e. The summed E-state index contributed by atoms with van der Waals surface area (Å²) in [6.45, 7) is 6.50. The number of amides is 1. The highest BCUT2D eigenvalue weighted by Gasteiger charge is 2.36. The molecule has 5 N–H and O–H groups in total. The molecule has 1 aromatic heterocycles. The third-order valence-corrected chi connectivity index (χ3v) is 5.48. The van der Waals surface area contributed by atoms with E-state index in [-0.39, 0.29) is 11.7 Å². The lowest BCUT2D eigenvalue weighted by Crippen LogP contribution is -2.45. The van der Waals surface area contributed by atoms with Crippen LogP contribution in [0, 0.1) is 0 Å². The van der Waals surface area contributed by atoms with Gasteiger partial charge in [-0.3, -0.25) is 10.0 Å². The van der Waals surface area contributed by atoms with Crippen molar-refractivity contribution in [1.29, 1.82) is 0 Å². The molecule has 0 radical (unpaired) electrons. The van der Waals surface area contributed by atoms with E-state index < -0.39 is 11.5 Å². The molecule has 1 fully saturated rings. The van der Waals surface area contributed by atoms with Gasteiger partial charge in [0.2, 0.25) is 5.69 Å². The Morgan fingerprint density at radius 1 is 1.34 bits per heavy atom. The molecule has 0 spiro atoms. The fourth-order valence-corrected chi connectivity index (χ4v) is 3.56. The molecule has 2 aliphatic rings. The number of carbonyl (C=O) groups is 1. The summed E-state index contributed by atoms with van der Waals surface area (Å²) >= 11 is 0. The van der Waals surface area contributed by atoms with E-state index in [1.807, 2.05) is 38.4 Å². The lowest BCUT2D eigenvalue weighted by Gasteiger charge is -2.24. The number of ether oxygens (including phenoxy) is 1. The molecule has 174 valence electrons. The number of hydrogen-bond donors (Lipinski definition) is 5. The Bertz CT molecular complexity index is 926. The van der Waals surface area contributed by atoms with E-state index in [1.54, 1.807) is 26.0 Å². The van der Waals surface area contributed by atoms with Crippen LogP contribution in [-0.2, 0) is 4.74 Å². The quantitative estimate of drug-likeness (QED) is 0.215. The Hall–Kier alpha value is -2.84. The highest BCUT2D eigenvalue weighted by Crippen LogP contribution is 2.38. The fourth-order valence-electron chi connectivity index (χ4n) is 3.56. The monoisotopic (exact) mass is 443 g/mol. The molecular weight excluding hydrogens is 408 g/mol. The Morgan fingerprint density at radius 3 is 2.72 bits per heavy atom. The van der Waals surface area contributed by atoms with Gasteiger partial charge in [0, 0.05) is 35.5 Å². The maximum absolute atomic E-state index is 13.0. The molecule has 8 heteroatoms. The van der Waals surface area contributed by atoms with Crippen LogP contribution in [0.2, 0.25) is 0 Å². The largest absolute Gasteiger partial charge is 0.492 e. The first kappa shape index (κ1) is 23.8. The van der Waals surface area contributed by atoms with Gasteiger partial charge in [-0.25, -0.2) is 0 Å². The third kappa shape index (κ3) is 6.11. The van der Waals surface area contributed by atoms with Crippen LogP contribution in [-0.4, -0.2) is 48.1 Å². The second-order valence-corrected chi connectivity index (χ2v) is 8.83. The molecule has 1 saturated carbocycles. The number of hydrogen-bond acceptors (Lipinski definition) is 6. The number of aromatic nitrogens is 1. The summed E-state index contributed by atoms with van der Waals surface area (Å²) in [6.07, 6.45) is 8.28. The maximum atomic E-state index is 13.0. The Labute approximate surface area is 189 Å². The summed E-state index contributed by atoms with van der Waals surface area (Å²) in [5, 5.41) is 29.8. The topological polar surface area (TPSA) is 107 Å². The zero-order chi connectivity index (χ0) is 23.3. The van der Waals surface area contributed by atoms with Gasteiger partial charge < -0.3 is 25.8 Å². The lowest BCUT2D eigenvalue weighted by atomic mass is 9.99. The van der Waals surface area contributed by atoms with Gasteiger partial charge >= 0.3 is 11.6 Å². The lowest BCUT2D eigenvalue weighted by molar-refractivity contribution is -0.910. The third-order valence-electron chi connectivity index (χ3n) is 5.48. The molecule has 32 heavy (non-hydrogen) atoms. The number of carbonyl (C=O) groups excluding carboxylic acids is 1. The molecule has 1 unspecified atom stereocenters. The van der Waals surface area contributed by atoms with E-state index in [4.69, 9.17) is 4.74 Å². The number of aliphatic hydroxyl groups is 1. The molecule has 1 amide bonds. The molecule has 1 aromatic rings. The Kier molecular flexibility index (Phi) is 7.58. The van der Waals surface area contributed by atoms with Crippen molar-refractivity contribution >= 4 is 5.91 Å². The first-order chi connectivity index (χ1) is 15.2. The molecular formula is C24H35N4O4+. The van der Waals surface area contributed by atoms with Gasteiger partial charge in [0.15, 0.2) is 0 Å². The van der Waals surface area contributed by atoms with Crippen LogP contribution in [0.5, 0.6) is 0 Å². The van der Waals surface area contributed by atoms with Crippen LogP contribution in [0.1, 0.15) is 62.1 Å². The zero-order valence-electron chi connectivity index (χ0n) is 19.3. The minimum absolute atomic E-state index is 0.104. The molecule has 0 aliphatic heterocycles. The number of pyridine rings is 1. The van der Waals surface area contributed by atoms with Crippen LogP contribution in [0.4, 0.5) is 0 Å². The maximum Gasteiger partial charge on any atom is 0.325 e. The van der Waals surface area contributed by atoms with Gasteiger partial charge in [0.25, 0.3) is 0 Å². The van der Waals surface area contributed by atoms with Crippen molar-refractivity contribution in [3.05, 3.63) is 65.0 Å². The summed E-state index contributed by atoms with van der Waals surface area (Å²) in [6, 6.07) is 5.13. The molecule has 8 nitrogen and oxygen atoms in total. The van der Waals surface area contributed by atoms with E-state index in [0.717, 1.165) is 28.8 Å². The average molecular weight is 444 g/mol. The summed E-state index contributed by atoms with van der Waals surface area (Å²) in [7, 11) is 1.85. The second-order valence-electron chi connectivity index (χ2n) is 8.83. The minimum Gasteiger partial charge on any atom is -0.492 e. The van der Waals surface area contributed by atoms with Crippen molar-refractivity contribution < 1.29 is 24.6 Å². The predicted molar refractivity (Wildman–Crippen MR) is 121 cm³/mol. The van der Waals surface area contributed by atoms with Crippen molar-refractivity contribution in [1.82, 2.24) is 16.0 Å². The number of nitrogens with zero attached hydrogens (tertiary/aromatic N) is 1. The van der Waals surface area contributed by atoms with E-state index in [9.17, 15) is 15.1 Å². The number of rotatable bonds is 10. The summed E-state index contributed by atoms with van der Waals surface area (Å²) in [5.74, 6) is 0.460. The van der Waals surface area contributed by atoms with Gasteiger partial charge in [-0.2, -0.15) is 0 Å². The van der Waals surface area contributed by atoms with Gasteiger partial charge in [-0.05, 0) is 70.9 Å². The second kappa shape index (κ2) is 10.2. The Morgan fingerprint density at radius 2 is 2.09 bits per heavy atom. The molecule has 2 aliphatic carbocycles. The van der Waals surface area contributed by atoms with E-state index >= 15 is 0 Å². The van der Waals surface area contributed by atoms with Crippen molar-refractivity contribution in [2.45, 2.75) is 57.6 Å². The van der Waals surface area contributed by atoms with Crippen molar-refractivity contribution in [3.63, 3.8) is 0 Å². The molecule has 1 atom stereocenters. The van der Waals surface area contributed by atoms with Gasteiger partial charge in [-0.15, -0.1) is 0 Å². The van der Waals surface area contributed by atoms with E-state index in [0.29, 0.717) is 36.9 Å². The van der Waals surface area contributed by atoms with Crippen LogP contribution in [0.25, 0.3) is 0 Å². The molecule has 0 aromatic carbocycles. The van der Waals surface area contributed by atoms with Gasteiger partial charge in [0.1, 0.15) is 5.76 Å². The van der Waals surface area contributed by atoms with Crippen LogP contribution < -0.4 is 20.7 Å². The van der Waals surface area contributed by atoms with Crippen molar-refractivity contribution in [2.75, 3.05) is 20.2 Å². The number of nitrogens with one attached hydrogen (secondary N) is 3. The first-order valence-corrected chi connectivity index (χ1v) is 11.2. The highest BCUT2D eigenvalue weighted by atomic mass is 16.5. The predicted octanol–water partition coefficient (Wildman–Crippen LogP) is 1.86. The van der Waals surface area contributed by atoms with Crippen LogP contribution in [0.15, 0.2) is 53.6 Å². The molecule has 3 rings (SSSR count). The van der Waals surface area contributed by atoms with Crippen LogP contribution >= 0.6 is 0 Å². The summed E-state index contributed by atoms with van der Waals surface area (Å²) < 4.78 is 6.77. The molecule has 0 saturated heterocycles. The first-order valence-electron chi connectivity index (χ1n) is 11.2. The SMILES string of the molecule is CCOC1=CC(NC)/C(=C\NCCC(C)(C)O)C=C1NC(=O)c1cccc(C2CC2)[n+]1O. The Balaban J connectivity index is 1.81. The fraction of sp³-hybridized carbons (Fsp3) is 0.500. The van der Waals surface area contributed by atoms with Gasteiger partial charge in [-0.1, -0.05) is 0 Å². The van der Waals surface area contributed by atoms with Gasteiger partial charge in [0.05, 0.1) is 23.9 Å². The minimum atomic E-state index is -0.744. The zero-order valence-corrected chi connectivity index (χ0v) is 19.3. The van der Waals surface area contributed by atoms with E-state index in [1.165, 1.54) is 0 Å². The highest BCUT2D eigenvalue weighted by molar-refractivity contribution is 5.92. The summed E-state index contributed by atoms with van der Waals surface area (Å²) in [4.78, 5) is 13.0. The van der Waals surface area contributed by atoms with Crippen molar-refractivity contribution in [3.8, 4) is 0 Å². The van der Waals surface area contributed by atoms with E-state index in [2.05, 4.69) is 16.0 Å². The van der Waals surface area contributed by atoms with Crippen molar-refractivity contribution in [2.24, 2.45) is 0 Å². The number of likely N-dealkylation sites (N-methyl/N-ethyl adjacent to an activating group) is 1. The molecule has 0 bridgehead atoms.